The highest BCUT2D eigenvalue weighted by Crippen LogP contribution is 2.38. The van der Waals surface area contributed by atoms with Crippen LogP contribution < -0.4 is 4.74 Å². The Hall–Kier alpha value is -3.06. The fourth-order valence-electron chi connectivity index (χ4n) is 3.22. The Bertz CT molecular complexity index is 890. The third-order valence-electron chi connectivity index (χ3n) is 4.32. The van der Waals surface area contributed by atoms with Crippen molar-refractivity contribution in [1.29, 1.82) is 5.26 Å². The molecule has 0 saturated heterocycles. The van der Waals surface area contributed by atoms with Crippen molar-refractivity contribution in [3.05, 3.63) is 64.7 Å². The van der Waals surface area contributed by atoms with Crippen LogP contribution in [0.25, 0.3) is 11.3 Å². The number of fused-ring (bicyclic) bond motifs is 1. The molecule has 25 heavy (non-hydrogen) atoms. The van der Waals surface area contributed by atoms with E-state index < -0.39 is 0 Å². The van der Waals surface area contributed by atoms with Crippen molar-refractivity contribution in [3.8, 4) is 11.8 Å². The average Bonchev–Trinajstić information content (AvgIpc) is 2.80. The second-order valence-corrected chi connectivity index (χ2v) is 5.94. The molecule has 0 fully saturated rings. The Morgan fingerprint density at radius 1 is 1.12 bits per heavy atom. The van der Waals surface area contributed by atoms with Gasteiger partial charge in [-0.2, -0.15) is 5.26 Å². The number of nitrogens with zero attached hydrogens (tertiary/aromatic N) is 1. The first-order chi connectivity index (χ1) is 12.1. The molecule has 0 N–H and O–H groups in total. The molecule has 0 saturated carbocycles. The first-order valence-corrected chi connectivity index (χ1v) is 8.22. The number of nitriles is 1. The lowest BCUT2D eigenvalue weighted by Crippen LogP contribution is -2.03. The molecule has 2 aromatic carbocycles. The molecule has 1 aliphatic rings. The first kappa shape index (κ1) is 16.8. The average molecular weight is 333 g/mol. The Morgan fingerprint density at radius 3 is 2.64 bits per heavy atom. The second-order valence-electron chi connectivity index (χ2n) is 5.94. The normalized spacial score (nSPS) is 13.5. The highest BCUT2D eigenvalue weighted by Gasteiger charge is 2.23. The summed E-state index contributed by atoms with van der Waals surface area (Å²) in [7, 11) is 1.63. The van der Waals surface area contributed by atoms with Crippen molar-refractivity contribution in [2.45, 2.75) is 26.2 Å². The first-order valence-electron chi connectivity index (χ1n) is 8.22. The summed E-state index contributed by atoms with van der Waals surface area (Å²) in [6.45, 7) is 1.40. The Kier molecular flexibility index (Phi) is 4.85. The number of ether oxygens (including phenoxy) is 2. The van der Waals surface area contributed by atoms with E-state index in [4.69, 9.17) is 9.47 Å². The van der Waals surface area contributed by atoms with Crippen molar-refractivity contribution in [3.63, 3.8) is 0 Å². The van der Waals surface area contributed by atoms with Gasteiger partial charge in [0.2, 0.25) is 0 Å². The summed E-state index contributed by atoms with van der Waals surface area (Å²) in [5.74, 6) is 0.956. The molecule has 0 aliphatic heterocycles. The third-order valence-corrected chi connectivity index (χ3v) is 4.32. The van der Waals surface area contributed by atoms with Crippen LogP contribution in [0, 0.1) is 11.3 Å². The summed E-state index contributed by atoms with van der Waals surface area (Å²) in [5, 5.41) is 9.45. The zero-order chi connectivity index (χ0) is 17.8. The van der Waals surface area contributed by atoms with Crippen LogP contribution in [-0.4, -0.2) is 13.1 Å². The van der Waals surface area contributed by atoms with Crippen LogP contribution in [0.2, 0.25) is 0 Å². The van der Waals surface area contributed by atoms with Gasteiger partial charge in [-0.3, -0.25) is 4.79 Å². The summed E-state index contributed by atoms with van der Waals surface area (Å²) in [6.07, 6.45) is 2.49. The van der Waals surface area contributed by atoms with Crippen LogP contribution >= 0.6 is 0 Å². The number of aryl methyl sites for hydroxylation is 1. The van der Waals surface area contributed by atoms with Crippen molar-refractivity contribution in [1.82, 2.24) is 0 Å². The number of rotatable bonds is 3. The molecule has 2 aromatic rings. The predicted molar refractivity (Wildman–Crippen MR) is 95.7 cm³/mol. The van der Waals surface area contributed by atoms with Gasteiger partial charge in [0.05, 0.1) is 18.7 Å². The highest BCUT2D eigenvalue weighted by molar-refractivity contribution is 5.94. The maximum Gasteiger partial charge on any atom is 0.308 e. The number of carbonyl (C=O) groups excluding carboxylic acids is 1. The van der Waals surface area contributed by atoms with Gasteiger partial charge in [0, 0.05) is 18.1 Å². The summed E-state index contributed by atoms with van der Waals surface area (Å²) in [6, 6.07) is 15.4. The van der Waals surface area contributed by atoms with Gasteiger partial charge in [0.1, 0.15) is 11.5 Å². The monoisotopic (exact) mass is 333 g/mol. The molecular weight excluding hydrogens is 314 g/mol. The van der Waals surface area contributed by atoms with Crippen LogP contribution in [0.5, 0.6) is 5.75 Å². The number of allylic oxidation sites excluding steroid dienone is 1. The molecule has 4 heteroatoms. The van der Waals surface area contributed by atoms with Gasteiger partial charge in [0.15, 0.2) is 0 Å². The lowest BCUT2D eigenvalue weighted by Gasteiger charge is -2.16. The van der Waals surface area contributed by atoms with Gasteiger partial charge in [-0.15, -0.1) is 0 Å². The molecule has 0 heterocycles. The maximum absolute atomic E-state index is 11.7. The molecule has 0 bridgehead atoms. The second kappa shape index (κ2) is 7.23. The van der Waals surface area contributed by atoms with Gasteiger partial charge in [0.25, 0.3) is 0 Å². The number of carbonyl (C=O) groups is 1. The predicted octanol–water partition coefficient (Wildman–Crippen LogP) is 4.33. The standard InChI is InChI=1S/C21H19NO3/c1-14(23)25-21-19-11-10-17(24-2)12-15(19)7-5-9-20(21)18-8-4-3-6-16(18)13-22/h3-4,6,8,10-12H,5,7,9H2,1-2H3. The summed E-state index contributed by atoms with van der Waals surface area (Å²) < 4.78 is 10.9. The summed E-state index contributed by atoms with van der Waals surface area (Å²) >= 11 is 0. The van der Waals surface area contributed by atoms with Gasteiger partial charge < -0.3 is 9.47 Å². The minimum Gasteiger partial charge on any atom is -0.497 e. The van der Waals surface area contributed by atoms with Crippen LogP contribution in [0.3, 0.4) is 0 Å². The number of benzene rings is 2. The van der Waals surface area contributed by atoms with Crippen LogP contribution in [0.4, 0.5) is 0 Å². The SMILES string of the molecule is COc1ccc2c(c1)CCCC(c1ccccc1C#N)=C2OC(C)=O. The lowest BCUT2D eigenvalue weighted by molar-refractivity contribution is -0.134. The zero-order valence-corrected chi connectivity index (χ0v) is 14.3. The van der Waals surface area contributed by atoms with Gasteiger partial charge >= 0.3 is 5.97 Å². The number of hydrogen-bond acceptors (Lipinski definition) is 4. The fraction of sp³-hybridized carbons (Fsp3) is 0.238. The van der Waals surface area contributed by atoms with Crippen molar-refractivity contribution >= 4 is 17.3 Å². The van der Waals surface area contributed by atoms with Crippen LogP contribution in [-0.2, 0) is 16.0 Å². The third kappa shape index (κ3) is 3.41. The topological polar surface area (TPSA) is 59.3 Å². The summed E-state index contributed by atoms with van der Waals surface area (Å²) in [4.78, 5) is 11.7. The zero-order valence-electron chi connectivity index (χ0n) is 14.3. The molecule has 0 radical (unpaired) electrons. The molecule has 0 aromatic heterocycles. The number of hydrogen-bond donors (Lipinski definition) is 0. The van der Waals surface area contributed by atoms with Gasteiger partial charge in [-0.05, 0) is 54.7 Å². The molecule has 0 amide bonds. The van der Waals surface area contributed by atoms with E-state index in [9.17, 15) is 10.1 Å². The maximum atomic E-state index is 11.7. The van der Waals surface area contributed by atoms with E-state index in [-0.39, 0.29) is 5.97 Å². The lowest BCUT2D eigenvalue weighted by atomic mass is 9.95. The van der Waals surface area contributed by atoms with Gasteiger partial charge in [-0.25, -0.2) is 0 Å². The smallest absolute Gasteiger partial charge is 0.308 e. The van der Waals surface area contributed by atoms with Crippen molar-refractivity contribution in [2.24, 2.45) is 0 Å². The van der Waals surface area contributed by atoms with Crippen LogP contribution in [0.1, 0.15) is 42.0 Å². The van der Waals surface area contributed by atoms with E-state index in [1.54, 1.807) is 13.2 Å². The van der Waals surface area contributed by atoms with Crippen LogP contribution in [0.15, 0.2) is 42.5 Å². The van der Waals surface area contributed by atoms with E-state index >= 15 is 0 Å². The highest BCUT2D eigenvalue weighted by atomic mass is 16.5. The fourth-order valence-corrected chi connectivity index (χ4v) is 3.22. The molecule has 0 atom stereocenters. The van der Waals surface area contributed by atoms with E-state index in [2.05, 4.69) is 6.07 Å². The number of methoxy groups -OCH3 is 1. The minimum atomic E-state index is -0.370. The largest absolute Gasteiger partial charge is 0.497 e. The molecule has 1 aliphatic carbocycles. The molecular formula is C21H19NO3. The Morgan fingerprint density at radius 2 is 1.92 bits per heavy atom. The molecule has 0 unspecified atom stereocenters. The quantitative estimate of drug-likeness (QED) is 0.784. The number of esters is 1. The van der Waals surface area contributed by atoms with Gasteiger partial charge in [-0.1, -0.05) is 18.2 Å². The molecule has 4 nitrogen and oxygen atoms in total. The molecule has 0 spiro atoms. The Balaban J connectivity index is 2.25. The van der Waals surface area contributed by atoms with E-state index in [0.29, 0.717) is 11.3 Å². The minimum absolute atomic E-state index is 0.370. The van der Waals surface area contributed by atoms with E-state index in [0.717, 1.165) is 47.3 Å². The van der Waals surface area contributed by atoms with E-state index in [1.165, 1.54) is 6.92 Å². The van der Waals surface area contributed by atoms with Crippen molar-refractivity contribution in [2.75, 3.05) is 7.11 Å². The molecule has 126 valence electrons. The van der Waals surface area contributed by atoms with Crippen molar-refractivity contribution < 1.29 is 14.3 Å². The summed E-state index contributed by atoms with van der Waals surface area (Å²) in [5.41, 5.74) is 4.27. The van der Waals surface area contributed by atoms with E-state index in [1.807, 2.05) is 36.4 Å². The Labute approximate surface area is 147 Å². The molecule has 3 rings (SSSR count).